The highest BCUT2D eigenvalue weighted by Crippen LogP contribution is 2.43. The molecule has 0 saturated carbocycles. The summed E-state index contributed by atoms with van der Waals surface area (Å²) in [7, 11) is 0. The molecule has 0 bridgehead atoms. The number of hydrogen-bond acceptors (Lipinski definition) is 3. The lowest BCUT2D eigenvalue weighted by Gasteiger charge is -2.31. The highest BCUT2D eigenvalue weighted by Gasteiger charge is 2.33. The van der Waals surface area contributed by atoms with Crippen molar-refractivity contribution >= 4 is 11.3 Å². The van der Waals surface area contributed by atoms with Crippen molar-refractivity contribution in [2.45, 2.75) is 39.2 Å². The summed E-state index contributed by atoms with van der Waals surface area (Å²) >= 11 is 1.68. The van der Waals surface area contributed by atoms with Crippen LogP contribution in [0.25, 0.3) is 0 Å². The van der Waals surface area contributed by atoms with Crippen LogP contribution in [0.3, 0.4) is 0 Å². The number of rotatable bonds is 2. The summed E-state index contributed by atoms with van der Waals surface area (Å²) < 4.78 is 0. The molecule has 0 saturated heterocycles. The van der Waals surface area contributed by atoms with Crippen LogP contribution in [0.5, 0.6) is 0 Å². The summed E-state index contributed by atoms with van der Waals surface area (Å²) in [5, 5.41) is 11.4. The molecule has 19 heavy (non-hydrogen) atoms. The Hall–Kier alpha value is -1.19. The van der Waals surface area contributed by atoms with E-state index in [1.807, 2.05) is 6.07 Å². The van der Waals surface area contributed by atoms with E-state index in [1.54, 1.807) is 11.3 Å². The molecule has 1 heterocycles. The molecule has 0 radical (unpaired) electrons. The minimum absolute atomic E-state index is 0.157. The SMILES string of the molecule is CC1(C)Cc2nc(Cc3ccccc3)sc2C(O)C1. The van der Waals surface area contributed by atoms with Gasteiger partial charge in [-0.2, -0.15) is 0 Å². The van der Waals surface area contributed by atoms with E-state index >= 15 is 0 Å². The quantitative estimate of drug-likeness (QED) is 0.904. The molecular weight excluding hydrogens is 254 g/mol. The molecule has 0 aliphatic heterocycles. The first-order valence-electron chi connectivity index (χ1n) is 6.74. The number of fused-ring (bicyclic) bond motifs is 1. The van der Waals surface area contributed by atoms with Crippen molar-refractivity contribution in [3.63, 3.8) is 0 Å². The first-order valence-corrected chi connectivity index (χ1v) is 7.56. The zero-order chi connectivity index (χ0) is 13.5. The number of benzene rings is 1. The van der Waals surface area contributed by atoms with Gasteiger partial charge in [-0.15, -0.1) is 11.3 Å². The molecule has 3 rings (SSSR count). The normalized spacial score (nSPS) is 21.1. The van der Waals surface area contributed by atoms with E-state index in [-0.39, 0.29) is 11.5 Å². The fraction of sp³-hybridized carbons (Fsp3) is 0.438. The summed E-state index contributed by atoms with van der Waals surface area (Å²) in [5.41, 5.74) is 2.55. The summed E-state index contributed by atoms with van der Waals surface area (Å²) in [4.78, 5) is 5.84. The van der Waals surface area contributed by atoms with E-state index in [1.165, 1.54) is 5.56 Å². The zero-order valence-electron chi connectivity index (χ0n) is 11.4. The second-order valence-electron chi connectivity index (χ2n) is 6.14. The highest BCUT2D eigenvalue weighted by atomic mass is 32.1. The molecule has 0 amide bonds. The van der Waals surface area contributed by atoms with Crippen molar-refractivity contribution in [2.75, 3.05) is 0 Å². The first-order chi connectivity index (χ1) is 9.03. The lowest BCUT2D eigenvalue weighted by Crippen LogP contribution is -2.24. The van der Waals surface area contributed by atoms with Crippen LogP contribution in [0.2, 0.25) is 0 Å². The van der Waals surface area contributed by atoms with E-state index in [0.29, 0.717) is 0 Å². The van der Waals surface area contributed by atoms with E-state index in [9.17, 15) is 5.11 Å². The Morgan fingerprint density at radius 1 is 1.32 bits per heavy atom. The van der Waals surface area contributed by atoms with Crippen LogP contribution in [0.4, 0.5) is 0 Å². The molecule has 2 nitrogen and oxygen atoms in total. The molecule has 1 aromatic heterocycles. The van der Waals surface area contributed by atoms with Gasteiger partial charge in [0.05, 0.1) is 21.7 Å². The van der Waals surface area contributed by atoms with E-state index in [0.717, 1.165) is 34.8 Å². The van der Waals surface area contributed by atoms with Crippen LogP contribution in [0, 0.1) is 5.41 Å². The Balaban J connectivity index is 1.87. The molecule has 1 aromatic carbocycles. The van der Waals surface area contributed by atoms with Crippen molar-refractivity contribution in [3.8, 4) is 0 Å². The van der Waals surface area contributed by atoms with E-state index in [2.05, 4.69) is 38.1 Å². The molecule has 1 aliphatic rings. The van der Waals surface area contributed by atoms with Crippen molar-refractivity contribution in [1.82, 2.24) is 4.98 Å². The number of thiazole rings is 1. The topological polar surface area (TPSA) is 33.1 Å². The first kappa shape index (κ1) is 12.8. The van der Waals surface area contributed by atoms with Crippen LogP contribution in [0.15, 0.2) is 30.3 Å². The van der Waals surface area contributed by atoms with Gasteiger partial charge in [-0.3, -0.25) is 0 Å². The molecule has 2 aromatic rings. The minimum atomic E-state index is -0.333. The smallest absolute Gasteiger partial charge is 0.0975 e. The van der Waals surface area contributed by atoms with Gasteiger partial charge in [-0.05, 0) is 23.8 Å². The number of nitrogens with zero attached hydrogens (tertiary/aromatic N) is 1. The monoisotopic (exact) mass is 273 g/mol. The fourth-order valence-corrected chi connectivity index (χ4v) is 3.89. The van der Waals surface area contributed by atoms with E-state index in [4.69, 9.17) is 4.98 Å². The summed E-state index contributed by atoms with van der Waals surface area (Å²) in [6.45, 7) is 4.41. The van der Waals surface area contributed by atoms with Crippen molar-refractivity contribution in [2.24, 2.45) is 5.41 Å². The van der Waals surface area contributed by atoms with Gasteiger partial charge in [0.15, 0.2) is 0 Å². The molecule has 0 spiro atoms. The molecule has 0 fully saturated rings. The third-order valence-electron chi connectivity index (χ3n) is 3.66. The Bertz CT molecular complexity index is 574. The average molecular weight is 273 g/mol. The number of aliphatic hydroxyl groups excluding tert-OH is 1. The predicted molar refractivity (Wildman–Crippen MR) is 78.4 cm³/mol. The largest absolute Gasteiger partial charge is 0.387 e. The Morgan fingerprint density at radius 3 is 2.79 bits per heavy atom. The number of hydrogen-bond donors (Lipinski definition) is 1. The summed E-state index contributed by atoms with van der Waals surface area (Å²) in [6.07, 6.45) is 2.35. The highest BCUT2D eigenvalue weighted by molar-refractivity contribution is 7.11. The zero-order valence-corrected chi connectivity index (χ0v) is 12.2. The predicted octanol–water partition coefficient (Wildman–Crippen LogP) is 3.74. The third-order valence-corrected chi connectivity index (χ3v) is 4.86. The molecule has 1 unspecified atom stereocenters. The van der Waals surface area contributed by atoms with Crippen LogP contribution < -0.4 is 0 Å². The Morgan fingerprint density at radius 2 is 2.05 bits per heavy atom. The van der Waals surface area contributed by atoms with Gasteiger partial charge in [-0.25, -0.2) is 4.98 Å². The number of aliphatic hydroxyl groups is 1. The molecular formula is C16H19NOS. The fourth-order valence-electron chi connectivity index (χ4n) is 2.79. The van der Waals surface area contributed by atoms with Crippen LogP contribution in [-0.4, -0.2) is 10.1 Å². The van der Waals surface area contributed by atoms with Gasteiger partial charge in [0.1, 0.15) is 0 Å². The minimum Gasteiger partial charge on any atom is -0.387 e. The third kappa shape index (κ3) is 2.72. The maximum atomic E-state index is 10.2. The van der Waals surface area contributed by atoms with Gasteiger partial charge >= 0.3 is 0 Å². The van der Waals surface area contributed by atoms with Gasteiger partial charge in [-0.1, -0.05) is 44.2 Å². The molecule has 1 atom stereocenters. The van der Waals surface area contributed by atoms with Crippen LogP contribution >= 0.6 is 11.3 Å². The molecule has 100 valence electrons. The van der Waals surface area contributed by atoms with Gasteiger partial charge in [0.2, 0.25) is 0 Å². The van der Waals surface area contributed by atoms with Gasteiger partial charge in [0, 0.05) is 6.42 Å². The van der Waals surface area contributed by atoms with Crippen molar-refractivity contribution in [3.05, 3.63) is 51.5 Å². The standard InChI is InChI=1S/C16H19NOS/c1-16(2)9-12-15(13(18)10-16)19-14(17-12)8-11-6-4-3-5-7-11/h3-7,13,18H,8-10H2,1-2H3. The maximum Gasteiger partial charge on any atom is 0.0975 e. The van der Waals surface area contributed by atoms with Crippen molar-refractivity contribution in [1.29, 1.82) is 0 Å². The van der Waals surface area contributed by atoms with Crippen LogP contribution in [-0.2, 0) is 12.8 Å². The maximum absolute atomic E-state index is 10.2. The number of aromatic nitrogens is 1. The molecule has 1 aliphatic carbocycles. The lowest BCUT2D eigenvalue weighted by atomic mass is 9.77. The summed E-state index contributed by atoms with van der Waals surface area (Å²) in [5.74, 6) is 0. The molecule has 3 heteroatoms. The summed E-state index contributed by atoms with van der Waals surface area (Å²) in [6, 6.07) is 10.4. The van der Waals surface area contributed by atoms with Gasteiger partial charge in [0.25, 0.3) is 0 Å². The Labute approximate surface area is 118 Å². The average Bonchev–Trinajstić information content (AvgIpc) is 2.71. The van der Waals surface area contributed by atoms with E-state index < -0.39 is 0 Å². The molecule has 1 N–H and O–H groups in total. The lowest BCUT2D eigenvalue weighted by molar-refractivity contribution is 0.102. The van der Waals surface area contributed by atoms with Crippen molar-refractivity contribution < 1.29 is 5.11 Å². The van der Waals surface area contributed by atoms with Gasteiger partial charge < -0.3 is 5.11 Å². The second kappa shape index (κ2) is 4.73. The Kier molecular flexibility index (Phi) is 3.19. The second-order valence-corrected chi connectivity index (χ2v) is 7.26. The van der Waals surface area contributed by atoms with Crippen LogP contribution in [0.1, 0.15) is 47.5 Å².